The minimum absolute atomic E-state index is 0.493. The smallest absolute Gasteiger partial charge is 0.0209 e. The molecule has 90 valence electrons. The molecule has 16 heavy (non-hydrogen) atoms. The van der Waals surface area contributed by atoms with Crippen LogP contribution in [-0.2, 0) is 6.54 Å². The maximum Gasteiger partial charge on any atom is 0.0209 e. The Labute approximate surface area is 115 Å². The Morgan fingerprint density at radius 3 is 2.25 bits per heavy atom. The highest BCUT2D eigenvalue weighted by Gasteiger charge is 2.03. The lowest BCUT2D eigenvalue weighted by Gasteiger charge is -2.18. The first kappa shape index (κ1) is 14.2. The van der Waals surface area contributed by atoms with Crippen LogP contribution < -0.4 is 5.32 Å². The molecule has 0 aliphatic carbocycles. The number of nitrogens with zero attached hydrogens (tertiary/aromatic N) is 1. The predicted molar refractivity (Wildman–Crippen MR) is 76.7 cm³/mol. The van der Waals surface area contributed by atoms with E-state index in [0.717, 1.165) is 22.0 Å². The van der Waals surface area contributed by atoms with Crippen LogP contribution in [0.1, 0.15) is 12.5 Å². The third kappa shape index (κ3) is 5.43. The van der Waals surface area contributed by atoms with E-state index in [9.17, 15) is 0 Å². The normalized spacial score (nSPS) is 13.1. The number of likely N-dealkylation sites (N-methyl/N-ethyl adjacent to an activating group) is 1. The van der Waals surface area contributed by atoms with Gasteiger partial charge in [0.05, 0.1) is 0 Å². The zero-order valence-corrected chi connectivity index (χ0v) is 13.1. The van der Waals surface area contributed by atoms with Gasteiger partial charge in [-0.05, 0) is 44.8 Å². The van der Waals surface area contributed by atoms with Crippen molar-refractivity contribution in [2.75, 3.05) is 20.6 Å². The summed E-state index contributed by atoms with van der Waals surface area (Å²) in [4.78, 5) is 2.19. The van der Waals surface area contributed by atoms with Gasteiger partial charge in [0.25, 0.3) is 0 Å². The third-order valence-corrected chi connectivity index (χ3v) is 3.13. The molecule has 0 saturated carbocycles. The Morgan fingerprint density at radius 2 is 1.75 bits per heavy atom. The first-order chi connectivity index (χ1) is 7.47. The molecule has 1 unspecified atom stereocenters. The third-order valence-electron chi connectivity index (χ3n) is 2.22. The topological polar surface area (TPSA) is 15.3 Å². The van der Waals surface area contributed by atoms with Crippen molar-refractivity contribution < 1.29 is 0 Å². The number of hydrogen-bond acceptors (Lipinski definition) is 2. The molecule has 2 nitrogen and oxygen atoms in total. The van der Waals surface area contributed by atoms with E-state index in [1.165, 1.54) is 5.56 Å². The summed E-state index contributed by atoms with van der Waals surface area (Å²) in [6.07, 6.45) is 0. The highest BCUT2D eigenvalue weighted by molar-refractivity contribution is 9.11. The first-order valence-corrected chi connectivity index (χ1v) is 6.89. The van der Waals surface area contributed by atoms with E-state index in [0.29, 0.717) is 6.04 Å². The lowest BCUT2D eigenvalue weighted by molar-refractivity contribution is 0.349. The maximum absolute atomic E-state index is 3.50. The summed E-state index contributed by atoms with van der Waals surface area (Å²) in [5.74, 6) is 0. The van der Waals surface area contributed by atoms with Crippen LogP contribution in [0, 0.1) is 0 Å². The summed E-state index contributed by atoms with van der Waals surface area (Å²) in [5, 5.41) is 3.50. The van der Waals surface area contributed by atoms with Crippen LogP contribution in [0.4, 0.5) is 0 Å². The van der Waals surface area contributed by atoms with Gasteiger partial charge in [-0.3, -0.25) is 0 Å². The fourth-order valence-electron chi connectivity index (χ4n) is 1.62. The zero-order valence-electron chi connectivity index (χ0n) is 9.93. The molecule has 0 spiro atoms. The highest BCUT2D eigenvalue weighted by Crippen LogP contribution is 2.19. The van der Waals surface area contributed by atoms with Crippen molar-refractivity contribution in [3.8, 4) is 0 Å². The van der Waals surface area contributed by atoms with Gasteiger partial charge in [-0.2, -0.15) is 0 Å². The number of rotatable bonds is 5. The molecule has 0 saturated heterocycles. The standard InChI is InChI=1S/C12H18Br2N2/c1-9(8-16(2)3)15-7-10-4-11(13)6-12(14)5-10/h4-6,9,15H,7-8H2,1-3H3. The molecule has 0 amide bonds. The van der Waals surface area contributed by atoms with Crippen molar-refractivity contribution in [1.29, 1.82) is 0 Å². The Kier molecular flexibility index (Phi) is 5.97. The molecule has 0 bridgehead atoms. The van der Waals surface area contributed by atoms with E-state index in [2.05, 4.69) is 75.2 Å². The second-order valence-corrected chi connectivity index (χ2v) is 6.15. The number of halogens is 2. The molecule has 0 heterocycles. The fraction of sp³-hybridized carbons (Fsp3) is 0.500. The van der Waals surface area contributed by atoms with Crippen LogP contribution in [0.15, 0.2) is 27.1 Å². The van der Waals surface area contributed by atoms with Gasteiger partial charge in [0.15, 0.2) is 0 Å². The lowest BCUT2D eigenvalue weighted by Crippen LogP contribution is -2.35. The highest BCUT2D eigenvalue weighted by atomic mass is 79.9. The van der Waals surface area contributed by atoms with Crippen LogP contribution in [0.25, 0.3) is 0 Å². The summed E-state index contributed by atoms with van der Waals surface area (Å²) >= 11 is 6.99. The number of hydrogen-bond donors (Lipinski definition) is 1. The van der Waals surface area contributed by atoms with E-state index >= 15 is 0 Å². The Bertz CT molecular complexity index is 320. The van der Waals surface area contributed by atoms with Crippen molar-refractivity contribution in [2.24, 2.45) is 0 Å². The molecule has 1 aromatic carbocycles. The van der Waals surface area contributed by atoms with Crippen molar-refractivity contribution >= 4 is 31.9 Å². The number of benzene rings is 1. The molecule has 0 radical (unpaired) electrons. The Hall–Kier alpha value is 0.1000. The summed E-state index contributed by atoms with van der Waals surface area (Å²) in [5.41, 5.74) is 1.28. The summed E-state index contributed by atoms with van der Waals surface area (Å²) in [6.45, 7) is 4.15. The van der Waals surface area contributed by atoms with Crippen molar-refractivity contribution in [3.63, 3.8) is 0 Å². The summed E-state index contributed by atoms with van der Waals surface area (Å²) in [6, 6.07) is 6.82. The fourth-order valence-corrected chi connectivity index (χ4v) is 3.01. The minimum atomic E-state index is 0.493. The molecule has 1 aromatic rings. The van der Waals surface area contributed by atoms with Gasteiger partial charge >= 0.3 is 0 Å². The molecule has 0 fully saturated rings. The van der Waals surface area contributed by atoms with Gasteiger partial charge in [-0.25, -0.2) is 0 Å². The second-order valence-electron chi connectivity index (χ2n) is 4.32. The van der Waals surface area contributed by atoms with Crippen molar-refractivity contribution in [1.82, 2.24) is 10.2 Å². The monoisotopic (exact) mass is 348 g/mol. The number of nitrogens with one attached hydrogen (secondary N) is 1. The van der Waals surface area contributed by atoms with E-state index in [4.69, 9.17) is 0 Å². The van der Waals surface area contributed by atoms with Crippen molar-refractivity contribution in [2.45, 2.75) is 19.5 Å². The molecule has 0 aliphatic heterocycles. The van der Waals surface area contributed by atoms with Crippen molar-refractivity contribution in [3.05, 3.63) is 32.7 Å². The van der Waals surface area contributed by atoms with E-state index in [-0.39, 0.29) is 0 Å². The van der Waals surface area contributed by atoms with Crippen LogP contribution >= 0.6 is 31.9 Å². The van der Waals surface area contributed by atoms with E-state index in [1.54, 1.807) is 0 Å². The van der Waals surface area contributed by atoms with Gasteiger partial charge in [-0.15, -0.1) is 0 Å². The quantitative estimate of drug-likeness (QED) is 0.877. The second kappa shape index (κ2) is 6.74. The molecular formula is C12H18Br2N2. The van der Waals surface area contributed by atoms with Crippen LogP contribution in [0.2, 0.25) is 0 Å². The molecule has 0 aromatic heterocycles. The SMILES string of the molecule is CC(CN(C)C)NCc1cc(Br)cc(Br)c1. The molecule has 0 aliphatic rings. The van der Waals surface area contributed by atoms with Gasteiger partial charge < -0.3 is 10.2 Å². The molecule has 4 heteroatoms. The minimum Gasteiger partial charge on any atom is -0.309 e. The lowest BCUT2D eigenvalue weighted by atomic mass is 10.2. The van der Waals surface area contributed by atoms with Gasteiger partial charge in [0.1, 0.15) is 0 Å². The largest absolute Gasteiger partial charge is 0.309 e. The van der Waals surface area contributed by atoms with Crippen LogP contribution in [0.3, 0.4) is 0 Å². The first-order valence-electron chi connectivity index (χ1n) is 5.30. The van der Waals surface area contributed by atoms with Gasteiger partial charge in [0, 0.05) is 28.1 Å². The molecule has 1 N–H and O–H groups in total. The molecular weight excluding hydrogens is 332 g/mol. The van der Waals surface area contributed by atoms with Gasteiger partial charge in [-0.1, -0.05) is 31.9 Å². The average Bonchev–Trinajstić information content (AvgIpc) is 2.12. The van der Waals surface area contributed by atoms with E-state index in [1.807, 2.05) is 6.07 Å². The summed E-state index contributed by atoms with van der Waals surface area (Å²) < 4.78 is 2.22. The average molecular weight is 350 g/mol. The van der Waals surface area contributed by atoms with Crippen LogP contribution in [-0.4, -0.2) is 31.6 Å². The summed E-state index contributed by atoms with van der Waals surface area (Å²) in [7, 11) is 4.18. The Balaban J connectivity index is 2.48. The van der Waals surface area contributed by atoms with Crippen LogP contribution in [0.5, 0.6) is 0 Å². The molecule has 1 rings (SSSR count). The predicted octanol–water partition coefficient (Wildman–Crippen LogP) is 3.25. The maximum atomic E-state index is 3.50. The van der Waals surface area contributed by atoms with Gasteiger partial charge in [0.2, 0.25) is 0 Å². The zero-order chi connectivity index (χ0) is 12.1. The molecule has 1 atom stereocenters. The van der Waals surface area contributed by atoms with E-state index < -0.39 is 0 Å². The Morgan fingerprint density at radius 1 is 1.19 bits per heavy atom.